The first-order chi connectivity index (χ1) is 9.19. The first-order valence-corrected chi connectivity index (χ1v) is 6.87. The van der Waals surface area contributed by atoms with Gasteiger partial charge in [-0.1, -0.05) is 48.9 Å². The molecule has 2 aromatic rings. The molecule has 2 rings (SSSR count). The molecule has 0 saturated carbocycles. The van der Waals surface area contributed by atoms with E-state index in [0.29, 0.717) is 0 Å². The Morgan fingerprint density at radius 2 is 1.79 bits per heavy atom. The third kappa shape index (κ3) is 3.98. The number of hydrogen-bond donors (Lipinski definition) is 1. The molecule has 0 fully saturated rings. The molecule has 2 nitrogen and oxygen atoms in total. The van der Waals surface area contributed by atoms with Gasteiger partial charge in [0, 0.05) is 23.8 Å². The van der Waals surface area contributed by atoms with Crippen LogP contribution in [0.25, 0.3) is 0 Å². The summed E-state index contributed by atoms with van der Waals surface area (Å²) in [6, 6.07) is 16.1. The minimum Gasteiger partial charge on any atom is -0.398 e. The SMILES string of the molecule is CCN(Cc1ccccc1)Cc1cc(Cl)ccc1N. The monoisotopic (exact) mass is 274 g/mol. The molecule has 2 N–H and O–H groups in total. The van der Waals surface area contributed by atoms with Gasteiger partial charge in [-0.05, 0) is 35.9 Å². The summed E-state index contributed by atoms with van der Waals surface area (Å²) in [5.74, 6) is 0. The molecule has 2 aromatic carbocycles. The summed E-state index contributed by atoms with van der Waals surface area (Å²) in [7, 11) is 0. The Morgan fingerprint density at radius 1 is 1.05 bits per heavy atom. The Kier molecular flexibility index (Phi) is 4.83. The van der Waals surface area contributed by atoms with Gasteiger partial charge in [-0.15, -0.1) is 0 Å². The molecule has 19 heavy (non-hydrogen) atoms. The van der Waals surface area contributed by atoms with Gasteiger partial charge in [0.15, 0.2) is 0 Å². The van der Waals surface area contributed by atoms with Crippen LogP contribution in [-0.2, 0) is 13.1 Å². The van der Waals surface area contributed by atoms with E-state index in [1.807, 2.05) is 24.3 Å². The third-order valence-electron chi connectivity index (χ3n) is 3.20. The minimum absolute atomic E-state index is 0.736. The lowest BCUT2D eigenvalue weighted by Gasteiger charge is -2.21. The maximum absolute atomic E-state index is 6.03. The molecular formula is C16H19ClN2. The molecule has 0 radical (unpaired) electrons. The Morgan fingerprint density at radius 3 is 2.47 bits per heavy atom. The fourth-order valence-electron chi connectivity index (χ4n) is 2.07. The van der Waals surface area contributed by atoms with Gasteiger partial charge >= 0.3 is 0 Å². The van der Waals surface area contributed by atoms with E-state index < -0.39 is 0 Å². The van der Waals surface area contributed by atoms with E-state index in [4.69, 9.17) is 17.3 Å². The summed E-state index contributed by atoms with van der Waals surface area (Å²) in [5, 5.41) is 0.736. The first kappa shape index (κ1) is 13.9. The van der Waals surface area contributed by atoms with E-state index >= 15 is 0 Å². The summed E-state index contributed by atoms with van der Waals surface area (Å²) >= 11 is 6.03. The molecule has 0 atom stereocenters. The number of nitrogens with zero attached hydrogens (tertiary/aromatic N) is 1. The Hall–Kier alpha value is -1.51. The molecule has 0 aliphatic rings. The summed E-state index contributed by atoms with van der Waals surface area (Å²) in [4.78, 5) is 2.34. The molecule has 0 unspecified atom stereocenters. The highest BCUT2D eigenvalue weighted by molar-refractivity contribution is 6.30. The van der Waals surface area contributed by atoms with Crippen LogP contribution in [0.3, 0.4) is 0 Å². The lowest BCUT2D eigenvalue weighted by Crippen LogP contribution is -2.22. The second kappa shape index (κ2) is 6.60. The highest BCUT2D eigenvalue weighted by Crippen LogP contribution is 2.20. The van der Waals surface area contributed by atoms with Gasteiger partial charge in [0.2, 0.25) is 0 Å². The van der Waals surface area contributed by atoms with Crippen molar-refractivity contribution < 1.29 is 0 Å². The zero-order chi connectivity index (χ0) is 13.7. The molecule has 0 aliphatic heterocycles. The maximum atomic E-state index is 6.03. The molecule has 0 spiro atoms. The van der Waals surface area contributed by atoms with Crippen LogP contribution in [0.2, 0.25) is 5.02 Å². The fourth-order valence-corrected chi connectivity index (χ4v) is 2.27. The van der Waals surface area contributed by atoms with Gasteiger partial charge in [0.25, 0.3) is 0 Å². The van der Waals surface area contributed by atoms with Crippen molar-refractivity contribution in [2.75, 3.05) is 12.3 Å². The second-order valence-electron chi connectivity index (χ2n) is 4.63. The van der Waals surface area contributed by atoms with Crippen molar-refractivity contribution in [2.45, 2.75) is 20.0 Å². The van der Waals surface area contributed by atoms with Crippen molar-refractivity contribution in [3.8, 4) is 0 Å². The number of rotatable bonds is 5. The van der Waals surface area contributed by atoms with E-state index in [2.05, 4.69) is 36.1 Å². The molecule has 0 aromatic heterocycles. The molecule has 0 heterocycles. The Bertz CT molecular complexity index is 526. The molecule has 100 valence electrons. The second-order valence-corrected chi connectivity index (χ2v) is 5.07. The van der Waals surface area contributed by atoms with Crippen LogP contribution in [0.5, 0.6) is 0 Å². The van der Waals surface area contributed by atoms with Crippen molar-refractivity contribution in [1.82, 2.24) is 4.90 Å². The van der Waals surface area contributed by atoms with Crippen LogP contribution in [-0.4, -0.2) is 11.4 Å². The lowest BCUT2D eigenvalue weighted by atomic mass is 10.1. The van der Waals surface area contributed by atoms with Gasteiger partial charge in [-0.2, -0.15) is 0 Å². The molecular weight excluding hydrogens is 256 g/mol. The molecule has 0 amide bonds. The number of anilines is 1. The normalized spacial score (nSPS) is 10.9. The van der Waals surface area contributed by atoms with Crippen LogP contribution in [0, 0.1) is 0 Å². The number of nitrogens with two attached hydrogens (primary N) is 1. The highest BCUT2D eigenvalue weighted by atomic mass is 35.5. The van der Waals surface area contributed by atoms with Crippen LogP contribution in [0.1, 0.15) is 18.1 Å². The first-order valence-electron chi connectivity index (χ1n) is 6.49. The van der Waals surface area contributed by atoms with Gasteiger partial charge in [-0.3, -0.25) is 4.90 Å². The number of benzene rings is 2. The third-order valence-corrected chi connectivity index (χ3v) is 3.43. The van der Waals surface area contributed by atoms with Crippen molar-refractivity contribution in [1.29, 1.82) is 0 Å². The average Bonchev–Trinajstić information content (AvgIpc) is 2.43. The van der Waals surface area contributed by atoms with E-state index in [9.17, 15) is 0 Å². The zero-order valence-corrected chi connectivity index (χ0v) is 11.9. The average molecular weight is 275 g/mol. The summed E-state index contributed by atoms with van der Waals surface area (Å²) in [6.45, 7) is 4.87. The predicted octanol–water partition coefficient (Wildman–Crippen LogP) is 3.94. The molecule has 0 aliphatic carbocycles. The topological polar surface area (TPSA) is 29.3 Å². The van der Waals surface area contributed by atoms with Gasteiger partial charge in [-0.25, -0.2) is 0 Å². The molecule has 3 heteroatoms. The van der Waals surface area contributed by atoms with Crippen LogP contribution in [0.4, 0.5) is 5.69 Å². The van der Waals surface area contributed by atoms with Gasteiger partial charge in [0.1, 0.15) is 0 Å². The molecule has 0 saturated heterocycles. The van der Waals surface area contributed by atoms with Crippen LogP contribution in [0.15, 0.2) is 48.5 Å². The number of nitrogen functional groups attached to an aromatic ring is 1. The highest BCUT2D eigenvalue weighted by Gasteiger charge is 2.07. The minimum atomic E-state index is 0.736. The number of halogens is 1. The van der Waals surface area contributed by atoms with E-state index in [0.717, 1.165) is 35.9 Å². The standard InChI is InChI=1S/C16H19ClN2/c1-2-19(11-13-6-4-3-5-7-13)12-14-10-15(17)8-9-16(14)18/h3-10H,2,11-12,18H2,1H3. The largest absolute Gasteiger partial charge is 0.398 e. The van der Waals surface area contributed by atoms with E-state index in [-0.39, 0.29) is 0 Å². The van der Waals surface area contributed by atoms with Gasteiger partial charge in [0.05, 0.1) is 0 Å². The summed E-state index contributed by atoms with van der Waals surface area (Å²) < 4.78 is 0. The van der Waals surface area contributed by atoms with Crippen molar-refractivity contribution >= 4 is 17.3 Å². The quantitative estimate of drug-likeness (QED) is 0.837. The lowest BCUT2D eigenvalue weighted by molar-refractivity contribution is 0.272. The summed E-state index contributed by atoms with van der Waals surface area (Å²) in [6.07, 6.45) is 0. The van der Waals surface area contributed by atoms with Crippen molar-refractivity contribution in [2.24, 2.45) is 0 Å². The van der Waals surface area contributed by atoms with Crippen molar-refractivity contribution in [3.63, 3.8) is 0 Å². The Labute approximate surface area is 119 Å². The van der Waals surface area contributed by atoms with Crippen molar-refractivity contribution in [3.05, 3.63) is 64.7 Å². The zero-order valence-electron chi connectivity index (χ0n) is 11.1. The van der Waals surface area contributed by atoms with E-state index in [1.165, 1.54) is 5.56 Å². The molecule has 0 bridgehead atoms. The van der Waals surface area contributed by atoms with Crippen LogP contribution < -0.4 is 5.73 Å². The van der Waals surface area contributed by atoms with Gasteiger partial charge < -0.3 is 5.73 Å². The Balaban J connectivity index is 2.09. The predicted molar refractivity (Wildman–Crippen MR) is 82.1 cm³/mol. The number of hydrogen-bond acceptors (Lipinski definition) is 2. The van der Waals surface area contributed by atoms with E-state index in [1.54, 1.807) is 0 Å². The maximum Gasteiger partial charge on any atom is 0.0410 e. The van der Waals surface area contributed by atoms with Crippen LogP contribution >= 0.6 is 11.6 Å². The fraction of sp³-hybridized carbons (Fsp3) is 0.250. The smallest absolute Gasteiger partial charge is 0.0410 e. The summed E-state index contributed by atoms with van der Waals surface area (Å²) in [5.41, 5.74) is 9.20.